The van der Waals surface area contributed by atoms with E-state index >= 15 is 0 Å². The molecule has 1 aromatic rings. The maximum atomic E-state index is 12.4. The van der Waals surface area contributed by atoms with Crippen molar-refractivity contribution in [2.45, 2.75) is 26.1 Å². The highest BCUT2D eigenvalue weighted by molar-refractivity contribution is 5.92. The number of nitrogens with zero attached hydrogens (tertiary/aromatic N) is 3. The van der Waals surface area contributed by atoms with Crippen LogP contribution in [0.2, 0.25) is 0 Å². The van der Waals surface area contributed by atoms with Gasteiger partial charge in [0, 0.05) is 19.0 Å². The zero-order valence-electron chi connectivity index (χ0n) is 13.9. The molecule has 11 nitrogen and oxygen atoms in total. The number of ether oxygens (including phenoxy) is 1. The van der Waals surface area contributed by atoms with E-state index in [0.29, 0.717) is 13.7 Å². The lowest BCUT2D eigenvalue weighted by molar-refractivity contribution is -0.138. The Morgan fingerprint density at radius 3 is 1.96 bits per heavy atom. The number of carbonyl (C=O) groups is 2. The number of hydrogen-bond donors (Lipinski definition) is 2. The van der Waals surface area contributed by atoms with Gasteiger partial charge in [-0.1, -0.05) is 13.2 Å². The molecule has 0 unspecified atom stereocenters. The number of esters is 1. The van der Waals surface area contributed by atoms with Crippen LogP contribution in [0.5, 0.6) is 0 Å². The third kappa shape index (κ3) is 4.89. The number of aromatic nitrogens is 3. The molecule has 0 aliphatic heterocycles. The van der Waals surface area contributed by atoms with Crippen LogP contribution < -0.4 is 17.1 Å². The predicted molar refractivity (Wildman–Crippen MR) is 88.9 cm³/mol. The fourth-order valence-corrected chi connectivity index (χ4v) is 2.01. The fourth-order valence-electron chi connectivity index (χ4n) is 2.01. The molecule has 11 heteroatoms. The Morgan fingerprint density at radius 2 is 1.50 bits per heavy atom. The van der Waals surface area contributed by atoms with Crippen LogP contribution in [0.3, 0.4) is 0 Å². The van der Waals surface area contributed by atoms with Crippen molar-refractivity contribution in [2.75, 3.05) is 13.2 Å². The van der Waals surface area contributed by atoms with E-state index in [-0.39, 0.29) is 19.7 Å². The largest absolute Gasteiger partial charge is 0.505 e. The lowest BCUT2D eigenvalue weighted by atomic mass is 10.2. The molecule has 0 aromatic carbocycles. The topological polar surface area (TPSA) is 150 Å². The zero-order chi connectivity index (χ0) is 19.9. The zero-order valence-corrected chi connectivity index (χ0v) is 13.9. The number of aliphatic hydroxyl groups is 2. The third-order valence-corrected chi connectivity index (χ3v) is 3.32. The van der Waals surface area contributed by atoms with Gasteiger partial charge in [0.2, 0.25) is 0 Å². The summed E-state index contributed by atoms with van der Waals surface area (Å²) in [6.45, 7) is 4.26. The van der Waals surface area contributed by atoms with Crippen molar-refractivity contribution >= 4 is 11.8 Å². The summed E-state index contributed by atoms with van der Waals surface area (Å²) < 4.78 is 6.59. The van der Waals surface area contributed by atoms with Crippen LogP contribution in [0.4, 0.5) is 0 Å². The van der Waals surface area contributed by atoms with E-state index in [9.17, 15) is 24.0 Å². The molecule has 0 amide bonds. The normalized spacial score (nSPS) is 10.3. The van der Waals surface area contributed by atoms with E-state index < -0.39 is 54.2 Å². The molecule has 1 aromatic heterocycles. The van der Waals surface area contributed by atoms with Gasteiger partial charge in [0.1, 0.15) is 6.61 Å². The molecular weight excluding hydrogens is 350 g/mol. The molecule has 0 aliphatic rings. The van der Waals surface area contributed by atoms with Crippen LogP contribution >= 0.6 is 0 Å². The van der Waals surface area contributed by atoms with Crippen molar-refractivity contribution in [3.05, 3.63) is 56.4 Å². The van der Waals surface area contributed by atoms with Crippen LogP contribution in [0.15, 0.2) is 39.4 Å². The summed E-state index contributed by atoms with van der Waals surface area (Å²) >= 11 is 0. The first-order valence-electron chi connectivity index (χ1n) is 7.50. The number of rotatable bonds is 10. The highest BCUT2D eigenvalue weighted by Crippen LogP contribution is 1.93. The molecule has 0 saturated carbocycles. The van der Waals surface area contributed by atoms with Crippen LogP contribution in [0, 0.1) is 0 Å². The Bertz CT molecular complexity index is 890. The minimum atomic E-state index is -1.01. The maximum Gasteiger partial charge on any atom is 0.336 e. The van der Waals surface area contributed by atoms with Crippen LogP contribution in [-0.4, -0.2) is 48.9 Å². The van der Waals surface area contributed by atoms with E-state index in [1.807, 2.05) is 0 Å². The smallest absolute Gasteiger partial charge is 0.336 e. The summed E-state index contributed by atoms with van der Waals surface area (Å²) in [6.07, 6.45) is 0.508. The minimum Gasteiger partial charge on any atom is -0.505 e. The molecule has 1 rings (SSSR count). The Balaban J connectivity index is 3.29. The summed E-state index contributed by atoms with van der Waals surface area (Å²) in [5, 5.41) is 18.0. The number of carbonyl (C=O) groups excluding carboxylic acids is 2. The van der Waals surface area contributed by atoms with Gasteiger partial charge in [0.15, 0.2) is 11.5 Å². The van der Waals surface area contributed by atoms with Crippen molar-refractivity contribution in [3.63, 3.8) is 0 Å². The van der Waals surface area contributed by atoms with Crippen molar-refractivity contribution in [1.29, 1.82) is 0 Å². The molecule has 142 valence electrons. The van der Waals surface area contributed by atoms with E-state index in [1.165, 1.54) is 0 Å². The van der Waals surface area contributed by atoms with Gasteiger partial charge in [0.25, 0.3) is 0 Å². The molecule has 0 aliphatic carbocycles. The maximum absolute atomic E-state index is 12.4. The number of Topliss-reactive ketones (excluding diaryl/α,β-unsaturated/α-hetero) is 1. The molecule has 0 spiro atoms. The molecule has 0 saturated heterocycles. The first kappa shape index (κ1) is 20.8. The van der Waals surface area contributed by atoms with Gasteiger partial charge in [0.05, 0.1) is 19.7 Å². The van der Waals surface area contributed by atoms with Crippen molar-refractivity contribution in [1.82, 2.24) is 13.7 Å². The number of ketones is 1. The second-order valence-electron chi connectivity index (χ2n) is 5.02. The third-order valence-electron chi connectivity index (χ3n) is 3.32. The second-order valence-corrected chi connectivity index (χ2v) is 5.02. The molecule has 0 bridgehead atoms. The first-order chi connectivity index (χ1) is 12.2. The van der Waals surface area contributed by atoms with Crippen molar-refractivity contribution in [2.24, 2.45) is 0 Å². The molecule has 26 heavy (non-hydrogen) atoms. The Morgan fingerprint density at radius 1 is 1.00 bits per heavy atom. The quantitative estimate of drug-likeness (QED) is 0.271. The Kier molecular flexibility index (Phi) is 7.47. The van der Waals surface area contributed by atoms with Gasteiger partial charge >= 0.3 is 23.0 Å². The van der Waals surface area contributed by atoms with Gasteiger partial charge in [-0.15, -0.1) is 0 Å². The molecular formula is C15H19N3O8. The average Bonchev–Trinajstić information content (AvgIpc) is 2.60. The van der Waals surface area contributed by atoms with Gasteiger partial charge in [-0.25, -0.2) is 32.9 Å². The van der Waals surface area contributed by atoms with Gasteiger partial charge in [-0.2, -0.15) is 0 Å². The molecule has 2 N–H and O–H groups in total. The highest BCUT2D eigenvalue weighted by atomic mass is 16.5. The minimum absolute atomic E-state index is 0.330. The summed E-state index contributed by atoms with van der Waals surface area (Å²) in [4.78, 5) is 59.4. The molecule has 1 heterocycles. The van der Waals surface area contributed by atoms with Gasteiger partial charge in [-0.3, -0.25) is 4.79 Å². The summed E-state index contributed by atoms with van der Waals surface area (Å²) in [7, 11) is 0. The summed E-state index contributed by atoms with van der Waals surface area (Å²) in [5.74, 6) is -2.25. The van der Waals surface area contributed by atoms with Crippen LogP contribution in [0.25, 0.3) is 0 Å². The lowest BCUT2D eigenvalue weighted by Gasteiger charge is -2.13. The monoisotopic (exact) mass is 369 g/mol. The fraction of sp³-hybridized carbons (Fsp3) is 0.400. The number of hydrogen-bond acceptors (Lipinski definition) is 8. The Hall–Kier alpha value is -3.21. The molecule has 0 fully saturated rings. The van der Waals surface area contributed by atoms with E-state index in [0.717, 1.165) is 6.08 Å². The van der Waals surface area contributed by atoms with Crippen molar-refractivity contribution in [3.8, 4) is 0 Å². The predicted octanol–water partition coefficient (Wildman–Crippen LogP) is -2.08. The van der Waals surface area contributed by atoms with Gasteiger partial charge in [-0.05, 0) is 0 Å². The Labute approximate surface area is 146 Å². The highest BCUT2D eigenvalue weighted by Gasteiger charge is 2.17. The average molecular weight is 369 g/mol. The van der Waals surface area contributed by atoms with Gasteiger partial charge < -0.3 is 14.9 Å². The van der Waals surface area contributed by atoms with E-state index in [4.69, 9.17) is 14.9 Å². The first-order valence-corrected chi connectivity index (χ1v) is 7.50. The van der Waals surface area contributed by atoms with Crippen LogP contribution in [-0.2, 0) is 34.0 Å². The van der Waals surface area contributed by atoms with Crippen LogP contribution in [0.1, 0.15) is 6.42 Å². The number of aliphatic hydroxyl groups excluding tert-OH is 2. The summed E-state index contributed by atoms with van der Waals surface area (Å²) in [6, 6.07) is 0. The SMILES string of the molecule is C=CC(=O)OCCn1c(=O)n(CCO)c(=O)n(CCC(=O)C(=C)O)c1=O. The van der Waals surface area contributed by atoms with E-state index in [2.05, 4.69) is 13.2 Å². The van der Waals surface area contributed by atoms with E-state index in [1.54, 1.807) is 0 Å². The molecule has 0 atom stereocenters. The number of allylic oxidation sites excluding steroid dienone is 1. The molecule has 0 radical (unpaired) electrons. The second kappa shape index (κ2) is 9.32. The standard InChI is InChI=1S/C15H19N3O8/c1-3-12(22)26-9-7-18-14(24)16(5-4-11(21)10(2)20)13(23)17(6-8-19)15(18)25/h3,19-20H,1-2,4-9H2. The van der Waals surface area contributed by atoms with Crippen molar-refractivity contribution < 1.29 is 24.5 Å². The summed E-state index contributed by atoms with van der Waals surface area (Å²) in [5.41, 5.74) is -3.01. The lowest BCUT2D eigenvalue weighted by Crippen LogP contribution is -2.55.